The number of amides is 3. The summed E-state index contributed by atoms with van der Waals surface area (Å²) in [4.78, 5) is 30.9. The first-order valence-corrected chi connectivity index (χ1v) is 13.0. The molecular formula is C28H21F5N4O2S. The van der Waals surface area contributed by atoms with E-state index in [1.54, 1.807) is 18.2 Å². The molecule has 3 amide bonds. The number of thiazole rings is 1. The van der Waals surface area contributed by atoms with Gasteiger partial charge >= 0.3 is 12.2 Å². The second kappa shape index (κ2) is 11.0. The fraction of sp³-hybridized carbons (Fsp3) is 0.179. The molecule has 0 spiro atoms. The van der Waals surface area contributed by atoms with Gasteiger partial charge in [-0.1, -0.05) is 35.1 Å². The summed E-state index contributed by atoms with van der Waals surface area (Å²) >= 11 is 1.19. The number of carbonyl (C=O) groups is 2. The molecule has 2 heterocycles. The molecule has 1 saturated heterocycles. The second-order valence-electron chi connectivity index (χ2n) is 9.10. The van der Waals surface area contributed by atoms with E-state index >= 15 is 0 Å². The summed E-state index contributed by atoms with van der Waals surface area (Å²) < 4.78 is 68.6. The average molecular weight is 573 g/mol. The number of anilines is 2. The van der Waals surface area contributed by atoms with Gasteiger partial charge in [-0.25, -0.2) is 18.6 Å². The minimum Gasteiger partial charge on any atom is -0.324 e. The Hall–Kier alpha value is -4.32. The van der Waals surface area contributed by atoms with Gasteiger partial charge in [-0.05, 0) is 66.9 Å². The van der Waals surface area contributed by atoms with E-state index in [-0.39, 0.29) is 16.4 Å². The number of alkyl halides is 3. The van der Waals surface area contributed by atoms with Crippen molar-refractivity contribution in [3.8, 4) is 0 Å². The Balaban J connectivity index is 1.19. The van der Waals surface area contributed by atoms with Gasteiger partial charge in [0.1, 0.15) is 17.2 Å². The number of halogens is 5. The van der Waals surface area contributed by atoms with E-state index in [4.69, 9.17) is 0 Å². The average Bonchev–Trinajstić information content (AvgIpc) is 3.30. The number of aromatic nitrogens is 1. The highest BCUT2D eigenvalue weighted by atomic mass is 32.1. The minimum absolute atomic E-state index is 0.227. The molecule has 1 fully saturated rings. The van der Waals surface area contributed by atoms with Crippen LogP contribution in [0.4, 0.5) is 37.6 Å². The largest absolute Gasteiger partial charge is 0.416 e. The number of piperidine rings is 1. The number of likely N-dealkylation sites (tertiary alicyclic amines) is 1. The van der Waals surface area contributed by atoms with Gasteiger partial charge in [-0.3, -0.25) is 10.1 Å². The molecule has 12 heteroatoms. The lowest BCUT2D eigenvalue weighted by molar-refractivity contribution is -0.137. The van der Waals surface area contributed by atoms with E-state index in [9.17, 15) is 31.5 Å². The normalized spacial score (nSPS) is 13.8. The third kappa shape index (κ3) is 6.12. The highest BCUT2D eigenvalue weighted by molar-refractivity contribution is 7.22. The number of benzene rings is 3. The van der Waals surface area contributed by atoms with Crippen molar-refractivity contribution in [1.82, 2.24) is 9.88 Å². The summed E-state index contributed by atoms with van der Waals surface area (Å²) in [5.41, 5.74) is 0.462. The Labute approximate surface area is 229 Å². The lowest BCUT2D eigenvalue weighted by Crippen LogP contribution is -2.39. The molecule has 1 aliphatic rings. The first-order valence-electron chi connectivity index (χ1n) is 12.2. The zero-order chi connectivity index (χ0) is 28.4. The highest BCUT2D eigenvalue weighted by Crippen LogP contribution is 2.30. The quantitative estimate of drug-likeness (QED) is 0.248. The number of nitrogens with one attached hydrogen (secondary N) is 2. The molecule has 1 aromatic heterocycles. The van der Waals surface area contributed by atoms with Crippen molar-refractivity contribution in [2.75, 3.05) is 23.7 Å². The van der Waals surface area contributed by atoms with E-state index in [0.29, 0.717) is 31.4 Å². The Morgan fingerprint density at radius 2 is 1.57 bits per heavy atom. The monoisotopic (exact) mass is 572 g/mol. The zero-order valence-corrected chi connectivity index (χ0v) is 21.5. The number of nitrogens with zero attached hydrogens (tertiary/aromatic N) is 2. The lowest BCUT2D eigenvalue weighted by Gasteiger charge is -2.28. The molecule has 0 unspecified atom stereocenters. The van der Waals surface area contributed by atoms with E-state index < -0.39 is 40.9 Å². The third-order valence-electron chi connectivity index (χ3n) is 6.33. The standard InChI is InChI=1S/C28H21F5N4O2S/c29-20-14-17(15-21(30)24(20)25(38)36-26-35-22-3-1-2-4-23(22)40-26)13-16-9-11-37(12-10-16)27(39)34-19-7-5-18(6-8-19)28(31,32)33/h1-8,13-15H,9-12H2,(H,34,39)(H,35,36,38). The molecule has 3 aromatic carbocycles. The predicted molar refractivity (Wildman–Crippen MR) is 143 cm³/mol. The predicted octanol–water partition coefficient (Wildman–Crippen LogP) is 7.56. The molecule has 206 valence electrons. The highest BCUT2D eigenvalue weighted by Gasteiger charge is 2.30. The van der Waals surface area contributed by atoms with Crippen LogP contribution in [0, 0.1) is 11.6 Å². The Kier molecular flexibility index (Phi) is 7.53. The molecule has 40 heavy (non-hydrogen) atoms. The van der Waals surface area contributed by atoms with Crippen LogP contribution in [-0.2, 0) is 6.18 Å². The molecule has 4 aromatic rings. The number of carbonyl (C=O) groups excluding carboxylic acids is 2. The van der Waals surface area contributed by atoms with Crippen molar-refractivity contribution in [2.45, 2.75) is 19.0 Å². The van der Waals surface area contributed by atoms with Crippen molar-refractivity contribution in [3.63, 3.8) is 0 Å². The number of fused-ring (bicyclic) bond motifs is 1. The first kappa shape index (κ1) is 27.3. The van der Waals surface area contributed by atoms with Crippen LogP contribution in [0.1, 0.15) is 34.3 Å². The van der Waals surface area contributed by atoms with Crippen molar-refractivity contribution in [2.24, 2.45) is 0 Å². The number of hydrogen-bond acceptors (Lipinski definition) is 4. The van der Waals surface area contributed by atoms with E-state index in [1.165, 1.54) is 28.4 Å². The molecule has 0 bridgehead atoms. The van der Waals surface area contributed by atoms with Crippen LogP contribution in [-0.4, -0.2) is 34.9 Å². The Morgan fingerprint density at radius 1 is 0.925 bits per heavy atom. The van der Waals surface area contributed by atoms with Crippen LogP contribution in [0.15, 0.2) is 66.2 Å². The number of hydrogen-bond donors (Lipinski definition) is 2. The molecule has 0 radical (unpaired) electrons. The van der Waals surface area contributed by atoms with Crippen molar-refractivity contribution in [3.05, 3.63) is 94.6 Å². The van der Waals surface area contributed by atoms with Crippen molar-refractivity contribution >= 4 is 50.4 Å². The summed E-state index contributed by atoms with van der Waals surface area (Å²) in [5, 5.41) is 5.25. The van der Waals surface area contributed by atoms with Gasteiger partial charge in [0, 0.05) is 18.8 Å². The molecule has 6 nitrogen and oxygen atoms in total. The molecule has 0 atom stereocenters. The molecule has 0 aliphatic carbocycles. The van der Waals surface area contributed by atoms with Gasteiger partial charge in [-0.2, -0.15) is 13.2 Å². The summed E-state index contributed by atoms with van der Waals surface area (Å²) in [6, 6.07) is 13.0. The summed E-state index contributed by atoms with van der Waals surface area (Å²) in [5.74, 6) is -2.97. The Bertz CT molecular complexity index is 1550. The first-order chi connectivity index (χ1) is 19.1. The topological polar surface area (TPSA) is 74.3 Å². The summed E-state index contributed by atoms with van der Waals surface area (Å²) in [6.45, 7) is 0.623. The lowest BCUT2D eigenvalue weighted by atomic mass is 10.00. The van der Waals surface area contributed by atoms with Crippen LogP contribution in [0.2, 0.25) is 0 Å². The van der Waals surface area contributed by atoms with E-state index in [0.717, 1.165) is 34.5 Å². The maximum Gasteiger partial charge on any atom is 0.416 e. The van der Waals surface area contributed by atoms with Crippen LogP contribution < -0.4 is 10.6 Å². The van der Waals surface area contributed by atoms with Gasteiger partial charge in [0.25, 0.3) is 5.91 Å². The number of rotatable bonds is 4. The Morgan fingerprint density at radius 3 is 2.20 bits per heavy atom. The van der Waals surface area contributed by atoms with Crippen molar-refractivity contribution < 1.29 is 31.5 Å². The van der Waals surface area contributed by atoms with E-state index in [2.05, 4.69) is 15.6 Å². The zero-order valence-electron chi connectivity index (χ0n) is 20.7. The van der Waals surface area contributed by atoms with Gasteiger partial charge in [0.05, 0.1) is 15.8 Å². The molecule has 2 N–H and O–H groups in total. The smallest absolute Gasteiger partial charge is 0.324 e. The van der Waals surface area contributed by atoms with Crippen LogP contribution in [0.3, 0.4) is 0 Å². The summed E-state index contributed by atoms with van der Waals surface area (Å²) in [6.07, 6.45) is -1.98. The minimum atomic E-state index is -4.46. The van der Waals surface area contributed by atoms with E-state index in [1.807, 2.05) is 12.1 Å². The second-order valence-corrected chi connectivity index (χ2v) is 10.1. The summed E-state index contributed by atoms with van der Waals surface area (Å²) in [7, 11) is 0. The maximum absolute atomic E-state index is 14.8. The number of urea groups is 1. The van der Waals surface area contributed by atoms with Crippen LogP contribution in [0.25, 0.3) is 16.3 Å². The fourth-order valence-corrected chi connectivity index (χ4v) is 5.16. The number of para-hydroxylation sites is 1. The van der Waals surface area contributed by atoms with Gasteiger partial charge in [0.2, 0.25) is 0 Å². The van der Waals surface area contributed by atoms with Crippen LogP contribution >= 0.6 is 11.3 Å². The molecule has 1 aliphatic heterocycles. The van der Waals surface area contributed by atoms with Gasteiger partial charge < -0.3 is 10.2 Å². The van der Waals surface area contributed by atoms with Gasteiger partial charge in [-0.15, -0.1) is 0 Å². The molecule has 5 rings (SSSR count). The molecular weight excluding hydrogens is 551 g/mol. The third-order valence-corrected chi connectivity index (χ3v) is 7.28. The maximum atomic E-state index is 14.8. The molecule has 0 saturated carbocycles. The van der Waals surface area contributed by atoms with Gasteiger partial charge in [0.15, 0.2) is 5.13 Å². The fourth-order valence-electron chi connectivity index (χ4n) is 4.30. The van der Waals surface area contributed by atoms with Crippen molar-refractivity contribution in [1.29, 1.82) is 0 Å². The van der Waals surface area contributed by atoms with Crippen LogP contribution in [0.5, 0.6) is 0 Å². The SMILES string of the molecule is O=C(Nc1nc2ccccc2s1)c1c(F)cc(C=C2CCN(C(=O)Nc3ccc(C(F)(F)F)cc3)CC2)cc1F.